The van der Waals surface area contributed by atoms with Crippen LogP contribution in [0.3, 0.4) is 0 Å². The minimum absolute atomic E-state index is 0.00152. The second-order valence-electron chi connectivity index (χ2n) is 7.09. The summed E-state index contributed by atoms with van der Waals surface area (Å²) in [5.74, 6) is -0.211. The number of anilines is 1. The number of alkyl halides is 1. The second-order valence-corrected chi connectivity index (χ2v) is 7.65. The highest BCUT2D eigenvalue weighted by Crippen LogP contribution is 2.31. The van der Waals surface area contributed by atoms with Gasteiger partial charge in [0, 0.05) is 44.4 Å². The number of phenolic OH excluding ortho intramolecular Hbond substituents is 2. The number of rotatable bonds is 5. The predicted molar refractivity (Wildman–Crippen MR) is 110 cm³/mol. The Bertz CT molecular complexity index is 933. The Labute approximate surface area is 162 Å². The number of nitrogens with one attached hydrogen (secondary N) is 1. The van der Waals surface area contributed by atoms with Crippen LogP contribution in [0.25, 0.3) is 13.2 Å². The van der Waals surface area contributed by atoms with Crippen LogP contribution in [0.15, 0.2) is 24.3 Å². The lowest BCUT2D eigenvalue weighted by molar-refractivity contribution is -0.117. The van der Waals surface area contributed by atoms with Crippen molar-refractivity contribution in [3.63, 3.8) is 0 Å². The van der Waals surface area contributed by atoms with Crippen LogP contribution in [0.4, 0.5) is 5.69 Å². The number of carbonyl (C=O) groups is 1. The highest BCUT2D eigenvalue weighted by atomic mass is 79.9. The van der Waals surface area contributed by atoms with Gasteiger partial charge in [-0.25, -0.2) is 0 Å². The van der Waals surface area contributed by atoms with Gasteiger partial charge < -0.3 is 15.5 Å². The highest BCUT2D eigenvalue weighted by molar-refractivity contribution is 9.08. The van der Waals surface area contributed by atoms with Crippen LogP contribution in [0, 0.1) is 6.92 Å². The number of halogens is 1. The van der Waals surface area contributed by atoms with Crippen molar-refractivity contribution in [3.05, 3.63) is 51.4 Å². The summed E-state index contributed by atoms with van der Waals surface area (Å²) in [6.07, 6.45) is 0.116. The van der Waals surface area contributed by atoms with E-state index in [2.05, 4.69) is 34.4 Å². The molecule has 0 bridgehead atoms. The van der Waals surface area contributed by atoms with Crippen molar-refractivity contribution < 1.29 is 15.0 Å². The van der Waals surface area contributed by atoms with Crippen molar-refractivity contribution in [2.24, 2.45) is 0 Å². The molecule has 0 atom stereocenters. The fraction of sp³-hybridized carbons (Fsp3) is 0.286. The molecule has 2 aromatic rings. The van der Waals surface area contributed by atoms with E-state index in [9.17, 15) is 15.0 Å². The maximum Gasteiger partial charge on any atom is 0.225 e. The van der Waals surface area contributed by atoms with Gasteiger partial charge in [0.05, 0.1) is 0 Å². The second kappa shape index (κ2) is 7.54. The Morgan fingerprint density at radius 1 is 1.12 bits per heavy atom. The average Bonchev–Trinajstić information content (AvgIpc) is 2.58. The molecule has 0 radical (unpaired) electrons. The molecule has 0 saturated heterocycles. The smallest absolute Gasteiger partial charge is 0.225 e. The molecule has 0 fully saturated rings. The Kier molecular flexibility index (Phi) is 5.81. The summed E-state index contributed by atoms with van der Waals surface area (Å²) in [6, 6.07) is 7.56. The summed E-state index contributed by atoms with van der Waals surface area (Å²) < 4.78 is 0. The molecule has 0 unspecified atom stereocenters. The largest absolute Gasteiger partial charge is 0.507 e. The molecule has 1 amide bonds. The number of carbonyl (C=O) groups excluding carboxylic acids is 1. The normalized spacial score (nSPS) is 11.4. The summed E-state index contributed by atoms with van der Waals surface area (Å²) in [6.45, 7) is 13.0. The molecule has 0 saturated carbocycles. The third-order valence-electron chi connectivity index (χ3n) is 4.59. The maximum atomic E-state index is 12.5. The van der Waals surface area contributed by atoms with Gasteiger partial charge in [0.15, 0.2) is 0 Å². The van der Waals surface area contributed by atoms with E-state index in [0.717, 1.165) is 10.9 Å². The molecule has 0 spiro atoms. The lowest BCUT2D eigenvalue weighted by Gasteiger charge is -2.27. The highest BCUT2D eigenvalue weighted by Gasteiger charge is 2.30. The molecule has 5 heteroatoms. The van der Waals surface area contributed by atoms with Gasteiger partial charge in [-0.3, -0.25) is 4.79 Å². The van der Waals surface area contributed by atoms with E-state index in [-0.39, 0.29) is 23.8 Å². The van der Waals surface area contributed by atoms with Gasteiger partial charge in [-0.05, 0) is 24.6 Å². The molecule has 138 valence electrons. The van der Waals surface area contributed by atoms with E-state index < -0.39 is 5.41 Å². The summed E-state index contributed by atoms with van der Waals surface area (Å²) in [5.41, 5.74) is 2.02. The first-order chi connectivity index (χ1) is 12.1. The quantitative estimate of drug-likeness (QED) is 0.515. The molecule has 0 aliphatic rings. The summed E-state index contributed by atoms with van der Waals surface area (Å²) >= 11 is 3.39. The third kappa shape index (κ3) is 3.93. The molecule has 2 aromatic carbocycles. The maximum absolute atomic E-state index is 12.5. The van der Waals surface area contributed by atoms with Crippen LogP contribution in [0.1, 0.15) is 37.0 Å². The zero-order valence-electron chi connectivity index (χ0n) is 15.3. The van der Waals surface area contributed by atoms with Crippen molar-refractivity contribution in [3.8, 4) is 11.5 Å². The molecule has 4 nitrogen and oxygen atoms in total. The molecule has 2 rings (SSSR count). The molecular formula is C21H24BrNO3. The van der Waals surface area contributed by atoms with Crippen molar-refractivity contribution >= 4 is 40.7 Å². The third-order valence-corrected chi connectivity index (χ3v) is 5.24. The molecule has 0 aliphatic carbocycles. The van der Waals surface area contributed by atoms with E-state index in [1.54, 1.807) is 6.92 Å². The fourth-order valence-corrected chi connectivity index (χ4v) is 3.43. The van der Waals surface area contributed by atoms with Gasteiger partial charge >= 0.3 is 0 Å². The minimum atomic E-state index is -0.737. The van der Waals surface area contributed by atoms with Crippen LogP contribution in [-0.2, 0) is 15.5 Å². The van der Waals surface area contributed by atoms with Gasteiger partial charge in [0.1, 0.15) is 11.5 Å². The van der Waals surface area contributed by atoms with Crippen molar-refractivity contribution in [1.82, 2.24) is 0 Å². The SMILES string of the molecule is C=c1c(C)c(O)c(=C)c(C(C)(C)CC(=O)Nc2ccc(CBr)cc2)c1O. The molecule has 0 aliphatic heterocycles. The van der Waals surface area contributed by atoms with Crippen molar-refractivity contribution in [2.45, 2.75) is 37.9 Å². The first kappa shape index (κ1) is 20.0. The summed E-state index contributed by atoms with van der Waals surface area (Å²) in [7, 11) is 0. The molecular weight excluding hydrogens is 394 g/mol. The Balaban J connectivity index is 2.29. The van der Waals surface area contributed by atoms with Crippen LogP contribution in [0.2, 0.25) is 0 Å². The lowest BCUT2D eigenvalue weighted by atomic mass is 9.78. The van der Waals surface area contributed by atoms with Gasteiger partial charge in [0.2, 0.25) is 5.91 Å². The molecule has 0 aromatic heterocycles. The lowest BCUT2D eigenvalue weighted by Crippen LogP contribution is -2.33. The summed E-state index contributed by atoms with van der Waals surface area (Å²) in [5, 5.41) is 25.1. The predicted octanol–water partition coefficient (Wildman–Crippen LogP) is 3.43. The zero-order valence-corrected chi connectivity index (χ0v) is 16.9. The molecule has 3 N–H and O–H groups in total. The number of aromatic hydroxyl groups is 2. The number of phenols is 2. The van der Waals surface area contributed by atoms with Crippen molar-refractivity contribution in [2.75, 3.05) is 5.32 Å². The van der Waals surface area contributed by atoms with Gasteiger partial charge in [-0.1, -0.05) is 55.1 Å². The zero-order chi connectivity index (χ0) is 19.6. The Morgan fingerprint density at radius 2 is 1.69 bits per heavy atom. The topological polar surface area (TPSA) is 69.6 Å². The fourth-order valence-electron chi connectivity index (χ4n) is 3.06. The summed E-state index contributed by atoms with van der Waals surface area (Å²) in [4.78, 5) is 12.5. The van der Waals surface area contributed by atoms with E-state index in [4.69, 9.17) is 0 Å². The number of hydrogen-bond donors (Lipinski definition) is 3. The van der Waals surface area contributed by atoms with Gasteiger partial charge in [-0.15, -0.1) is 0 Å². The van der Waals surface area contributed by atoms with Crippen LogP contribution in [0.5, 0.6) is 11.5 Å². The van der Waals surface area contributed by atoms with Crippen molar-refractivity contribution in [1.29, 1.82) is 0 Å². The van der Waals surface area contributed by atoms with Gasteiger partial charge in [-0.2, -0.15) is 0 Å². The standard InChI is InChI=1S/C21H24BrNO3/c1-12-13(2)20(26)18(14(3)19(12)25)21(4,5)10-17(24)23-16-8-6-15(11-22)7-9-16/h6-9,25-26H,2-3,10-11H2,1,4-5H3,(H,23,24). The van der Waals surface area contributed by atoms with E-state index >= 15 is 0 Å². The van der Waals surface area contributed by atoms with Crippen LogP contribution < -0.4 is 15.8 Å². The van der Waals surface area contributed by atoms with E-state index in [0.29, 0.717) is 27.3 Å². The monoisotopic (exact) mass is 417 g/mol. The van der Waals surface area contributed by atoms with Crippen LogP contribution in [-0.4, -0.2) is 16.1 Å². The Morgan fingerprint density at radius 3 is 2.23 bits per heavy atom. The van der Waals surface area contributed by atoms with Crippen LogP contribution >= 0.6 is 15.9 Å². The number of amides is 1. The minimum Gasteiger partial charge on any atom is -0.507 e. The van der Waals surface area contributed by atoms with E-state index in [1.165, 1.54) is 0 Å². The first-order valence-electron chi connectivity index (χ1n) is 8.26. The molecule has 0 heterocycles. The first-order valence-corrected chi connectivity index (χ1v) is 9.38. The van der Waals surface area contributed by atoms with Gasteiger partial charge in [0.25, 0.3) is 0 Å². The number of hydrogen-bond acceptors (Lipinski definition) is 3. The average molecular weight is 418 g/mol. The van der Waals surface area contributed by atoms with E-state index in [1.807, 2.05) is 38.1 Å². The molecule has 26 heavy (non-hydrogen) atoms. The Hall–Kier alpha value is -2.27. The number of benzene rings is 2.